The minimum absolute atomic E-state index is 0.0546. The number of carbonyl (C=O) groups is 2. The van der Waals surface area contributed by atoms with Gasteiger partial charge in [0.15, 0.2) is 5.60 Å². The van der Waals surface area contributed by atoms with Gasteiger partial charge < -0.3 is 20.5 Å². The first-order chi connectivity index (χ1) is 7.44. The van der Waals surface area contributed by atoms with Crippen molar-refractivity contribution in [2.24, 2.45) is 0 Å². The molecule has 0 saturated carbocycles. The number of carbonyl (C=O) groups excluding carboxylic acids is 2. The highest BCUT2D eigenvalue weighted by Gasteiger charge is 2.30. The van der Waals surface area contributed by atoms with Crippen molar-refractivity contribution >= 4 is 11.9 Å². The number of esters is 1. The lowest BCUT2D eigenvalue weighted by molar-refractivity contribution is -0.159. The van der Waals surface area contributed by atoms with Gasteiger partial charge in [-0.2, -0.15) is 0 Å². The van der Waals surface area contributed by atoms with Gasteiger partial charge in [0, 0.05) is 26.1 Å². The maximum absolute atomic E-state index is 11.1. The van der Waals surface area contributed by atoms with Crippen LogP contribution in [0.15, 0.2) is 0 Å². The highest BCUT2D eigenvalue weighted by atomic mass is 16.5. The average Bonchev–Trinajstić information content (AvgIpc) is 2.23. The predicted molar refractivity (Wildman–Crippen MR) is 58.8 cm³/mol. The van der Waals surface area contributed by atoms with Gasteiger partial charge in [-0.15, -0.1) is 0 Å². The number of nitrogens with one attached hydrogen (secondary N) is 2. The molecule has 0 aromatic heterocycles. The number of ether oxygens (including phenoxy) is 1. The third-order valence-electron chi connectivity index (χ3n) is 2.00. The van der Waals surface area contributed by atoms with E-state index in [-0.39, 0.29) is 12.5 Å². The SMILES string of the molecule is CCNC(=O)CCNCC(C)(O)C(=O)OC. The molecule has 1 atom stereocenters. The van der Waals surface area contributed by atoms with E-state index in [0.29, 0.717) is 19.5 Å². The van der Waals surface area contributed by atoms with Gasteiger partial charge in [0.05, 0.1) is 7.11 Å². The Hall–Kier alpha value is -1.14. The van der Waals surface area contributed by atoms with E-state index < -0.39 is 11.6 Å². The van der Waals surface area contributed by atoms with Crippen LogP contribution in [0.4, 0.5) is 0 Å². The fraction of sp³-hybridized carbons (Fsp3) is 0.800. The van der Waals surface area contributed by atoms with E-state index in [9.17, 15) is 14.7 Å². The van der Waals surface area contributed by atoms with Crippen LogP contribution in [-0.2, 0) is 14.3 Å². The Kier molecular flexibility index (Phi) is 6.67. The van der Waals surface area contributed by atoms with Crippen molar-refractivity contribution in [3.05, 3.63) is 0 Å². The van der Waals surface area contributed by atoms with E-state index >= 15 is 0 Å². The van der Waals surface area contributed by atoms with Gasteiger partial charge in [-0.3, -0.25) is 4.79 Å². The van der Waals surface area contributed by atoms with E-state index in [0.717, 1.165) is 0 Å². The Morgan fingerprint density at radius 3 is 2.56 bits per heavy atom. The van der Waals surface area contributed by atoms with Gasteiger partial charge in [0.2, 0.25) is 5.91 Å². The smallest absolute Gasteiger partial charge is 0.338 e. The largest absolute Gasteiger partial charge is 0.467 e. The van der Waals surface area contributed by atoms with Crippen molar-refractivity contribution in [2.75, 3.05) is 26.7 Å². The normalized spacial score (nSPS) is 14.0. The van der Waals surface area contributed by atoms with Gasteiger partial charge in [-0.05, 0) is 13.8 Å². The Bertz CT molecular complexity index is 241. The molecule has 0 aromatic carbocycles. The lowest BCUT2D eigenvalue weighted by Gasteiger charge is -2.20. The molecule has 3 N–H and O–H groups in total. The number of methoxy groups -OCH3 is 1. The fourth-order valence-corrected chi connectivity index (χ4v) is 1.11. The zero-order valence-corrected chi connectivity index (χ0v) is 10.0. The molecule has 0 aliphatic heterocycles. The molecule has 0 bridgehead atoms. The summed E-state index contributed by atoms with van der Waals surface area (Å²) in [4.78, 5) is 22.1. The highest BCUT2D eigenvalue weighted by Crippen LogP contribution is 2.03. The van der Waals surface area contributed by atoms with Crippen molar-refractivity contribution in [2.45, 2.75) is 25.9 Å². The van der Waals surface area contributed by atoms with E-state index in [4.69, 9.17) is 0 Å². The van der Waals surface area contributed by atoms with E-state index in [1.54, 1.807) is 0 Å². The van der Waals surface area contributed by atoms with Gasteiger partial charge in [0.1, 0.15) is 0 Å². The maximum atomic E-state index is 11.1. The lowest BCUT2D eigenvalue weighted by Crippen LogP contribution is -2.46. The maximum Gasteiger partial charge on any atom is 0.338 e. The van der Waals surface area contributed by atoms with Crippen LogP contribution in [0, 0.1) is 0 Å². The fourth-order valence-electron chi connectivity index (χ4n) is 1.11. The van der Waals surface area contributed by atoms with Crippen LogP contribution in [0.25, 0.3) is 0 Å². The molecule has 0 aliphatic carbocycles. The van der Waals surface area contributed by atoms with Crippen LogP contribution in [-0.4, -0.2) is 49.3 Å². The molecule has 0 heterocycles. The first kappa shape index (κ1) is 14.9. The molecule has 16 heavy (non-hydrogen) atoms. The Labute approximate surface area is 95.4 Å². The summed E-state index contributed by atoms with van der Waals surface area (Å²) in [6.45, 7) is 4.25. The molecule has 0 aliphatic rings. The lowest BCUT2D eigenvalue weighted by atomic mass is 10.1. The second-order valence-corrected chi connectivity index (χ2v) is 3.65. The Morgan fingerprint density at radius 1 is 1.44 bits per heavy atom. The van der Waals surface area contributed by atoms with Crippen LogP contribution >= 0.6 is 0 Å². The third-order valence-corrected chi connectivity index (χ3v) is 2.00. The molecule has 1 amide bonds. The molecule has 0 fully saturated rings. The summed E-state index contributed by atoms with van der Waals surface area (Å²) in [5, 5.41) is 15.1. The molecular formula is C10H20N2O4. The Morgan fingerprint density at radius 2 is 2.06 bits per heavy atom. The van der Waals surface area contributed by atoms with E-state index in [1.807, 2.05) is 6.92 Å². The van der Waals surface area contributed by atoms with Crippen molar-refractivity contribution in [3.63, 3.8) is 0 Å². The van der Waals surface area contributed by atoms with E-state index in [1.165, 1.54) is 14.0 Å². The van der Waals surface area contributed by atoms with Crippen LogP contribution in [0.1, 0.15) is 20.3 Å². The first-order valence-electron chi connectivity index (χ1n) is 5.22. The van der Waals surface area contributed by atoms with Gasteiger partial charge in [-0.25, -0.2) is 4.79 Å². The molecule has 1 unspecified atom stereocenters. The van der Waals surface area contributed by atoms with Crippen LogP contribution in [0.5, 0.6) is 0 Å². The van der Waals surface area contributed by atoms with Crippen molar-refractivity contribution < 1.29 is 19.4 Å². The Balaban J connectivity index is 3.73. The summed E-state index contributed by atoms with van der Waals surface area (Å²) in [5.74, 6) is -0.759. The molecule has 0 aromatic rings. The predicted octanol–water partition coefficient (Wildman–Crippen LogP) is -0.974. The number of hydrogen-bond acceptors (Lipinski definition) is 5. The average molecular weight is 232 g/mol. The van der Waals surface area contributed by atoms with Crippen molar-refractivity contribution in [1.29, 1.82) is 0 Å². The molecule has 6 heteroatoms. The summed E-state index contributed by atoms with van der Waals surface area (Å²) in [6, 6.07) is 0. The molecule has 6 nitrogen and oxygen atoms in total. The molecule has 94 valence electrons. The van der Waals surface area contributed by atoms with Crippen LogP contribution < -0.4 is 10.6 Å². The first-order valence-corrected chi connectivity index (χ1v) is 5.22. The zero-order valence-electron chi connectivity index (χ0n) is 10.0. The summed E-state index contributed by atoms with van der Waals surface area (Å²) in [6.07, 6.45) is 0.311. The summed E-state index contributed by atoms with van der Waals surface area (Å²) in [7, 11) is 1.21. The molecule has 0 saturated heterocycles. The molecule has 0 radical (unpaired) electrons. The number of rotatable bonds is 7. The quantitative estimate of drug-likeness (QED) is 0.388. The molecular weight excluding hydrogens is 212 g/mol. The number of aliphatic hydroxyl groups is 1. The second kappa shape index (κ2) is 7.19. The number of amides is 1. The van der Waals surface area contributed by atoms with Crippen molar-refractivity contribution in [1.82, 2.24) is 10.6 Å². The van der Waals surface area contributed by atoms with E-state index in [2.05, 4.69) is 15.4 Å². The minimum Gasteiger partial charge on any atom is -0.467 e. The third kappa shape index (κ3) is 5.67. The summed E-state index contributed by atoms with van der Waals surface area (Å²) in [5.41, 5.74) is -1.56. The standard InChI is InChI=1S/C10H20N2O4/c1-4-12-8(13)5-6-11-7-10(2,15)9(14)16-3/h11,15H,4-7H2,1-3H3,(H,12,13). The highest BCUT2D eigenvalue weighted by molar-refractivity contribution is 5.79. The minimum atomic E-state index is -1.56. The number of hydrogen-bond donors (Lipinski definition) is 3. The van der Waals surface area contributed by atoms with Gasteiger partial charge >= 0.3 is 5.97 Å². The van der Waals surface area contributed by atoms with Crippen LogP contribution in [0.2, 0.25) is 0 Å². The molecule has 0 spiro atoms. The summed E-state index contributed by atoms with van der Waals surface area (Å²) >= 11 is 0. The summed E-state index contributed by atoms with van der Waals surface area (Å²) < 4.78 is 4.42. The topological polar surface area (TPSA) is 87.7 Å². The van der Waals surface area contributed by atoms with Gasteiger partial charge in [-0.1, -0.05) is 0 Å². The zero-order chi connectivity index (χ0) is 12.6. The monoisotopic (exact) mass is 232 g/mol. The van der Waals surface area contributed by atoms with Crippen molar-refractivity contribution in [3.8, 4) is 0 Å². The van der Waals surface area contributed by atoms with Gasteiger partial charge in [0.25, 0.3) is 0 Å². The molecule has 0 rings (SSSR count). The van der Waals surface area contributed by atoms with Crippen LogP contribution in [0.3, 0.4) is 0 Å². The second-order valence-electron chi connectivity index (χ2n) is 3.65.